The number of aromatic amines is 2. The van der Waals surface area contributed by atoms with Gasteiger partial charge in [0.1, 0.15) is 27.2 Å². The normalized spacial score (nSPS) is 11.2. The molecule has 0 spiro atoms. The molecule has 0 aliphatic carbocycles. The van der Waals surface area contributed by atoms with E-state index in [9.17, 15) is 14.9 Å². The van der Waals surface area contributed by atoms with E-state index >= 15 is 0 Å². The number of carbonyl (C=O) groups excluding carboxylic acids is 1. The number of hydrogen-bond acceptors (Lipinski definition) is 8. The number of hydrogen-bond donors (Lipinski definition) is 4. The number of anilines is 2. The summed E-state index contributed by atoms with van der Waals surface area (Å²) in [5.74, 6) is -0.620. The van der Waals surface area contributed by atoms with Gasteiger partial charge in [0.2, 0.25) is 5.69 Å². The Balaban J connectivity index is 1.63. The maximum Gasteiger partial charge on any atom is 0.439 e. The number of thiophene rings is 1. The number of pyridine rings is 1. The van der Waals surface area contributed by atoms with E-state index in [1.54, 1.807) is 30.5 Å². The van der Waals surface area contributed by atoms with Crippen LogP contribution in [0.1, 0.15) is 20.9 Å². The fourth-order valence-corrected chi connectivity index (χ4v) is 5.41. The Morgan fingerprint density at radius 3 is 2.69 bits per heavy atom. The van der Waals surface area contributed by atoms with Crippen molar-refractivity contribution >= 4 is 49.7 Å². The fourth-order valence-electron chi connectivity index (χ4n) is 4.36. The lowest BCUT2D eigenvalue weighted by Crippen LogP contribution is -2.41. The third-order valence-electron chi connectivity index (χ3n) is 5.96. The number of nitriles is 1. The molecule has 10 nitrogen and oxygen atoms in total. The summed E-state index contributed by atoms with van der Waals surface area (Å²) in [6, 6.07) is 18.4. The third-order valence-corrected chi connectivity index (χ3v) is 7.06. The second-order valence-electron chi connectivity index (χ2n) is 7.96. The summed E-state index contributed by atoms with van der Waals surface area (Å²) in [5.41, 5.74) is 14.5. The van der Waals surface area contributed by atoms with Gasteiger partial charge in [-0.15, -0.1) is 11.3 Å². The van der Waals surface area contributed by atoms with Gasteiger partial charge in [-0.2, -0.15) is 5.26 Å². The van der Waals surface area contributed by atoms with Gasteiger partial charge in [-0.25, -0.2) is 9.78 Å². The monoisotopic (exact) mass is 494 g/mol. The van der Waals surface area contributed by atoms with Crippen molar-refractivity contribution in [3.8, 4) is 22.9 Å². The summed E-state index contributed by atoms with van der Waals surface area (Å²) in [5, 5.41) is 13.7. The van der Waals surface area contributed by atoms with Gasteiger partial charge < -0.3 is 16.5 Å². The molecule has 4 aromatic heterocycles. The largest absolute Gasteiger partial charge is 0.439 e. The Labute approximate surface area is 206 Å². The summed E-state index contributed by atoms with van der Waals surface area (Å²) in [4.78, 5) is 34.2. The molecule has 0 aliphatic rings. The molecule has 6 aromatic rings. The van der Waals surface area contributed by atoms with E-state index in [4.69, 9.17) is 16.0 Å². The Hall–Kier alpha value is -5.21. The average molecular weight is 495 g/mol. The third kappa shape index (κ3) is 3.02. The van der Waals surface area contributed by atoms with Crippen LogP contribution in [0.25, 0.3) is 37.9 Å². The molecule has 36 heavy (non-hydrogen) atoms. The van der Waals surface area contributed by atoms with E-state index in [0.717, 1.165) is 22.2 Å². The summed E-state index contributed by atoms with van der Waals surface area (Å²) in [7, 11) is 0. The molecule has 174 valence electrons. The summed E-state index contributed by atoms with van der Waals surface area (Å²) in [6.07, 6.45) is 1.79. The predicted octanol–water partition coefficient (Wildman–Crippen LogP) is 3.27. The molecular weight excluding hydrogens is 478 g/mol. The lowest BCUT2D eigenvalue weighted by atomic mass is 9.94. The van der Waals surface area contributed by atoms with E-state index in [2.05, 4.69) is 21.3 Å². The Morgan fingerprint density at radius 1 is 1.11 bits per heavy atom. The first kappa shape index (κ1) is 21.3. The van der Waals surface area contributed by atoms with Crippen LogP contribution in [-0.2, 0) is 0 Å². The zero-order valence-electron chi connectivity index (χ0n) is 18.4. The van der Waals surface area contributed by atoms with Gasteiger partial charge >= 0.3 is 11.3 Å². The van der Waals surface area contributed by atoms with Crippen molar-refractivity contribution in [1.82, 2.24) is 15.2 Å². The van der Waals surface area contributed by atoms with Crippen molar-refractivity contribution in [2.75, 3.05) is 11.5 Å². The quantitative estimate of drug-likeness (QED) is 0.215. The summed E-state index contributed by atoms with van der Waals surface area (Å²) >= 11 is 1.00. The lowest BCUT2D eigenvalue weighted by molar-refractivity contribution is -0.672. The molecule has 4 heterocycles. The molecule has 0 radical (unpaired) electrons. The number of nitrogens with zero attached hydrogens (tertiary/aromatic N) is 3. The number of nitrogens with two attached hydrogens (primary N) is 2. The highest BCUT2D eigenvalue weighted by Gasteiger charge is 2.35. The zero-order chi connectivity index (χ0) is 25.0. The average Bonchev–Trinajstić information content (AvgIpc) is 3.60. The number of aromatic nitrogens is 4. The minimum atomic E-state index is -0.844. The number of rotatable bonds is 4. The van der Waals surface area contributed by atoms with Crippen LogP contribution in [-0.4, -0.2) is 21.0 Å². The maximum atomic E-state index is 13.7. The van der Waals surface area contributed by atoms with Gasteiger partial charge in [0.15, 0.2) is 0 Å². The molecule has 0 saturated carbocycles. The SMILES string of the molecule is N#Cc1c(N)nc2sc(C(=O)c3c(=O)o[nH][n+]3-c3ccccc3)c(N)c2c1-c1cccc2[nH]ccc12. The number of benzene rings is 2. The minimum absolute atomic E-state index is 0.0216. The smallest absolute Gasteiger partial charge is 0.397 e. The van der Waals surface area contributed by atoms with Gasteiger partial charge in [0.25, 0.3) is 5.78 Å². The Morgan fingerprint density at radius 2 is 1.92 bits per heavy atom. The van der Waals surface area contributed by atoms with Crippen molar-refractivity contribution in [3.63, 3.8) is 0 Å². The number of para-hydroxylation sites is 1. The highest BCUT2D eigenvalue weighted by atomic mass is 32.1. The van der Waals surface area contributed by atoms with Crippen LogP contribution in [0.5, 0.6) is 0 Å². The number of fused-ring (bicyclic) bond motifs is 2. The van der Waals surface area contributed by atoms with Crippen LogP contribution >= 0.6 is 11.3 Å². The van der Waals surface area contributed by atoms with Crippen LogP contribution in [0.3, 0.4) is 0 Å². The molecule has 0 bridgehead atoms. The highest BCUT2D eigenvalue weighted by molar-refractivity contribution is 7.21. The molecule has 0 saturated heterocycles. The van der Waals surface area contributed by atoms with Crippen molar-refractivity contribution in [1.29, 1.82) is 5.26 Å². The molecule has 6 rings (SSSR count). The Bertz CT molecular complexity index is 1920. The first-order chi connectivity index (χ1) is 17.5. The van der Waals surface area contributed by atoms with Crippen LogP contribution in [0.4, 0.5) is 11.5 Å². The number of H-pyrrole nitrogens is 2. The van der Waals surface area contributed by atoms with E-state index < -0.39 is 11.4 Å². The van der Waals surface area contributed by atoms with Crippen LogP contribution < -0.4 is 21.8 Å². The second kappa shape index (κ2) is 7.93. The standard InChI is InChI=1S/C25H15N7O3S/c26-11-15-17(14-7-4-8-16-13(14)9-10-29-16)18-19(27)22(36-24(18)30-23(15)28)21(33)20-25(34)35-31-32(20)12-5-2-1-3-6-12/h1-10H,(H5-,27,28,29,30,31,33,34)/p+1. The van der Waals surface area contributed by atoms with Crippen LogP contribution in [0, 0.1) is 11.3 Å². The van der Waals surface area contributed by atoms with Gasteiger partial charge in [0, 0.05) is 40.2 Å². The number of carbonyl (C=O) groups is 1. The van der Waals surface area contributed by atoms with Crippen molar-refractivity contribution in [2.24, 2.45) is 0 Å². The first-order valence-electron chi connectivity index (χ1n) is 10.7. The molecule has 2 aromatic carbocycles. The van der Waals surface area contributed by atoms with Crippen molar-refractivity contribution in [3.05, 3.63) is 87.3 Å². The number of nitrogens with one attached hydrogen (secondary N) is 2. The summed E-state index contributed by atoms with van der Waals surface area (Å²) < 4.78 is 6.20. The molecule has 6 N–H and O–H groups in total. The molecule has 11 heteroatoms. The predicted molar refractivity (Wildman–Crippen MR) is 135 cm³/mol. The Kier molecular flexibility index (Phi) is 4.70. The van der Waals surface area contributed by atoms with Gasteiger partial charge in [-0.3, -0.25) is 9.32 Å². The zero-order valence-corrected chi connectivity index (χ0v) is 19.2. The van der Waals surface area contributed by atoms with E-state index in [1.807, 2.05) is 30.3 Å². The molecule has 0 amide bonds. The molecule has 0 aliphatic heterocycles. The molecule has 0 fully saturated rings. The number of ketones is 1. The van der Waals surface area contributed by atoms with E-state index in [0.29, 0.717) is 27.0 Å². The summed E-state index contributed by atoms with van der Waals surface area (Å²) in [6.45, 7) is 0. The lowest BCUT2D eigenvalue weighted by Gasteiger charge is -2.11. The fraction of sp³-hybridized carbons (Fsp3) is 0. The maximum absolute atomic E-state index is 13.7. The topological polar surface area (TPSA) is 171 Å². The minimum Gasteiger partial charge on any atom is -0.397 e. The first-order valence-corrected chi connectivity index (χ1v) is 11.5. The van der Waals surface area contributed by atoms with Gasteiger partial charge in [0.05, 0.1) is 5.69 Å². The second-order valence-corrected chi connectivity index (χ2v) is 8.96. The van der Waals surface area contributed by atoms with Gasteiger partial charge in [-0.05, 0) is 27.6 Å². The van der Waals surface area contributed by atoms with Crippen molar-refractivity contribution < 1.29 is 14.0 Å². The number of nitrogen functional groups attached to an aromatic ring is 2. The van der Waals surface area contributed by atoms with Gasteiger partial charge in [-0.1, -0.05) is 30.3 Å². The van der Waals surface area contributed by atoms with Crippen LogP contribution in [0.2, 0.25) is 0 Å². The van der Waals surface area contributed by atoms with E-state index in [-0.39, 0.29) is 27.6 Å². The molecule has 0 unspecified atom stereocenters. The van der Waals surface area contributed by atoms with Crippen molar-refractivity contribution in [2.45, 2.75) is 0 Å². The van der Waals surface area contributed by atoms with Crippen LogP contribution in [0.15, 0.2) is 70.1 Å². The highest BCUT2D eigenvalue weighted by Crippen LogP contribution is 2.44. The molecular formula is C25H16N7O3S+. The molecule has 0 atom stereocenters. The van der Waals surface area contributed by atoms with E-state index in [1.165, 1.54) is 4.68 Å².